The van der Waals surface area contributed by atoms with E-state index < -0.39 is 0 Å². The Morgan fingerprint density at radius 2 is 1.78 bits per heavy atom. The molecular formula is C20H26N2O. The van der Waals surface area contributed by atoms with Crippen molar-refractivity contribution in [2.24, 2.45) is 11.8 Å². The van der Waals surface area contributed by atoms with Crippen LogP contribution in [-0.2, 0) is 6.42 Å². The molecule has 0 amide bonds. The molecule has 0 spiro atoms. The second-order valence-electron chi connectivity index (χ2n) is 7.50. The summed E-state index contributed by atoms with van der Waals surface area (Å²) in [6, 6.07) is 9.06. The van der Waals surface area contributed by atoms with Crippen molar-refractivity contribution >= 4 is 10.8 Å². The van der Waals surface area contributed by atoms with Gasteiger partial charge in [-0.25, -0.2) is 0 Å². The van der Waals surface area contributed by atoms with Crippen molar-refractivity contribution in [2.45, 2.75) is 51.0 Å². The molecule has 3 heteroatoms. The molecule has 0 saturated heterocycles. The van der Waals surface area contributed by atoms with E-state index in [0.717, 1.165) is 35.1 Å². The zero-order valence-corrected chi connectivity index (χ0v) is 13.7. The number of aromatic nitrogens is 1. The molecule has 0 aliphatic heterocycles. The predicted octanol–water partition coefficient (Wildman–Crippen LogP) is 3.63. The predicted molar refractivity (Wildman–Crippen MR) is 94.7 cm³/mol. The van der Waals surface area contributed by atoms with Crippen LogP contribution < -0.4 is 10.9 Å². The van der Waals surface area contributed by atoms with E-state index in [-0.39, 0.29) is 5.56 Å². The van der Waals surface area contributed by atoms with Crippen LogP contribution in [0.4, 0.5) is 0 Å². The first kappa shape index (κ1) is 14.9. The van der Waals surface area contributed by atoms with Crippen LogP contribution in [0.1, 0.15) is 44.1 Å². The topological polar surface area (TPSA) is 44.9 Å². The van der Waals surface area contributed by atoms with E-state index >= 15 is 0 Å². The molecule has 0 radical (unpaired) electrons. The van der Waals surface area contributed by atoms with E-state index in [4.69, 9.17) is 0 Å². The van der Waals surface area contributed by atoms with Crippen LogP contribution in [-0.4, -0.2) is 17.6 Å². The average molecular weight is 310 g/mol. The van der Waals surface area contributed by atoms with Gasteiger partial charge in [0.05, 0.1) is 0 Å². The number of benzene rings is 1. The van der Waals surface area contributed by atoms with Crippen LogP contribution in [0.15, 0.2) is 35.3 Å². The van der Waals surface area contributed by atoms with Gasteiger partial charge in [0.2, 0.25) is 0 Å². The van der Waals surface area contributed by atoms with Crippen molar-refractivity contribution in [1.29, 1.82) is 0 Å². The van der Waals surface area contributed by atoms with Gasteiger partial charge in [0.15, 0.2) is 0 Å². The summed E-state index contributed by atoms with van der Waals surface area (Å²) in [4.78, 5) is 14.5. The highest BCUT2D eigenvalue weighted by Crippen LogP contribution is 2.31. The third-order valence-corrected chi connectivity index (χ3v) is 5.60. The van der Waals surface area contributed by atoms with Crippen molar-refractivity contribution in [3.8, 4) is 0 Å². The third kappa shape index (κ3) is 3.66. The first-order chi connectivity index (χ1) is 11.3. The maximum Gasteiger partial charge on any atom is 0.255 e. The highest BCUT2D eigenvalue weighted by atomic mass is 16.1. The van der Waals surface area contributed by atoms with Gasteiger partial charge in [-0.3, -0.25) is 4.79 Å². The molecule has 4 rings (SSSR count). The number of hydrogen-bond donors (Lipinski definition) is 2. The molecular weight excluding hydrogens is 284 g/mol. The summed E-state index contributed by atoms with van der Waals surface area (Å²) in [5, 5.41) is 5.62. The Labute approximate surface area is 137 Å². The van der Waals surface area contributed by atoms with Crippen LogP contribution in [0.5, 0.6) is 0 Å². The van der Waals surface area contributed by atoms with Gasteiger partial charge < -0.3 is 10.3 Å². The zero-order valence-electron chi connectivity index (χ0n) is 13.7. The molecule has 0 bridgehead atoms. The van der Waals surface area contributed by atoms with Gasteiger partial charge in [-0.1, -0.05) is 12.1 Å². The van der Waals surface area contributed by atoms with E-state index in [1.807, 2.05) is 12.1 Å². The summed E-state index contributed by atoms with van der Waals surface area (Å²) in [6.45, 7) is 1.24. The van der Waals surface area contributed by atoms with Gasteiger partial charge in [0.25, 0.3) is 5.56 Å². The summed E-state index contributed by atoms with van der Waals surface area (Å²) >= 11 is 0. The Kier molecular flexibility index (Phi) is 4.21. The minimum Gasteiger partial charge on any atom is -0.329 e. The SMILES string of the molecule is O=c1[nH]ccc2cc(CC3CCC(NCC4CC4)CC3)ccc12. The van der Waals surface area contributed by atoms with Gasteiger partial charge in [-0.15, -0.1) is 0 Å². The molecule has 2 fully saturated rings. The van der Waals surface area contributed by atoms with Crippen LogP contribution >= 0.6 is 0 Å². The van der Waals surface area contributed by atoms with E-state index in [9.17, 15) is 4.79 Å². The Morgan fingerprint density at radius 3 is 2.57 bits per heavy atom. The molecule has 2 aromatic rings. The zero-order chi connectivity index (χ0) is 15.6. The number of fused-ring (bicyclic) bond motifs is 1. The molecule has 0 atom stereocenters. The van der Waals surface area contributed by atoms with Crippen LogP contribution in [0, 0.1) is 11.8 Å². The lowest BCUT2D eigenvalue weighted by Crippen LogP contribution is -2.34. The molecule has 2 saturated carbocycles. The Bertz CT molecular complexity index is 724. The fourth-order valence-corrected chi connectivity index (χ4v) is 3.93. The van der Waals surface area contributed by atoms with E-state index in [0.29, 0.717) is 0 Å². The number of rotatable bonds is 5. The number of H-pyrrole nitrogens is 1. The normalized spacial score (nSPS) is 24.9. The smallest absolute Gasteiger partial charge is 0.255 e. The summed E-state index contributed by atoms with van der Waals surface area (Å²) in [5.74, 6) is 1.78. The van der Waals surface area contributed by atoms with Crippen molar-refractivity contribution in [3.63, 3.8) is 0 Å². The third-order valence-electron chi connectivity index (χ3n) is 5.60. The summed E-state index contributed by atoms with van der Waals surface area (Å²) in [7, 11) is 0. The highest BCUT2D eigenvalue weighted by Gasteiger charge is 2.25. The quantitative estimate of drug-likeness (QED) is 0.886. The molecule has 1 aromatic heterocycles. The fraction of sp³-hybridized carbons (Fsp3) is 0.550. The number of aromatic amines is 1. The minimum absolute atomic E-state index is 0.0105. The molecule has 0 unspecified atom stereocenters. The maximum atomic E-state index is 11.8. The van der Waals surface area contributed by atoms with Crippen LogP contribution in [0.2, 0.25) is 0 Å². The lowest BCUT2D eigenvalue weighted by atomic mass is 9.82. The van der Waals surface area contributed by atoms with Crippen molar-refractivity contribution < 1.29 is 0 Å². The second kappa shape index (κ2) is 6.48. The highest BCUT2D eigenvalue weighted by molar-refractivity contribution is 5.81. The van der Waals surface area contributed by atoms with Crippen LogP contribution in [0.3, 0.4) is 0 Å². The largest absolute Gasteiger partial charge is 0.329 e. The molecule has 2 N–H and O–H groups in total. The Hall–Kier alpha value is -1.61. The number of nitrogens with one attached hydrogen (secondary N) is 2. The van der Waals surface area contributed by atoms with Crippen molar-refractivity contribution in [3.05, 3.63) is 46.4 Å². The van der Waals surface area contributed by atoms with Gasteiger partial charge >= 0.3 is 0 Å². The summed E-state index contributed by atoms with van der Waals surface area (Å²) in [5.41, 5.74) is 1.38. The first-order valence-corrected chi connectivity index (χ1v) is 9.11. The number of hydrogen-bond acceptors (Lipinski definition) is 2. The molecule has 2 aliphatic carbocycles. The van der Waals surface area contributed by atoms with Crippen LogP contribution in [0.25, 0.3) is 10.8 Å². The lowest BCUT2D eigenvalue weighted by molar-refractivity contribution is 0.289. The van der Waals surface area contributed by atoms with E-state index in [1.54, 1.807) is 6.20 Å². The second-order valence-corrected chi connectivity index (χ2v) is 7.50. The van der Waals surface area contributed by atoms with Crippen molar-refractivity contribution in [1.82, 2.24) is 10.3 Å². The van der Waals surface area contributed by atoms with E-state index in [1.165, 1.54) is 50.6 Å². The number of pyridine rings is 1. The molecule has 1 heterocycles. The van der Waals surface area contributed by atoms with Gasteiger partial charge in [0.1, 0.15) is 0 Å². The first-order valence-electron chi connectivity index (χ1n) is 9.11. The minimum atomic E-state index is 0.0105. The molecule has 122 valence electrons. The molecule has 3 nitrogen and oxygen atoms in total. The summed E-state index contributed by atoms with van der Waals surface area (Å²) < 4.78 is 0. The lowest BCUT2D eigenvalue weighted by Gasteiger charge is -2.29. The molecule has 2 aliphatic rings. The Morgan fingerprint density at radius 1 is 1.00 bits per heavy atom. The average Bonchev–Trinajstić information content (AvgIpc) is 3.39. The Balaban J connectivity index is 1.34. The van der Waals surface area contributed by atoms with Gasteiger partial charge in [-0.2, -0.15) is 0 Å². The van der Waals surface area contributed by atoms with Gasteiger partial charge in [0, 0.05) is 17.6 Å². The summed E-state index contributed by atoms with van der Waals surface area (Å²) in [6.07, 6.45) is 11.1. The fourth-order valence-electron chi connectivity index (χ4n) is 3.93. The maximum absolute atomic E-state index is 11.8. The van der Waals surface area contributed by atoms with Crippen molar-refractivity contribution in [2.75, 3.05) is 6.54 Å². The molecule has 1 aromatic carbocycles. The van der Waals surface area contributed by atoms with Gasteiger partial charge in [-0.05, 0) is 86.4 Å². The molecule has 23 heavy (non-hydrogen) atoms. The monoisotopic (exact) mass is 310 g/mol. The standard InChI is InChI=1S/C20H26N2O/c23-20-19-8-5-16(12-17(19)9-10-21-20)11-14-3-6-18(7-4-14)22-13-15-1-2-15/h5,8-10,12,14-15,18,22H,1-4,6-7,11,13H2,(H,21,23). The van der Waals surface area contributed by atoms with E-state index in [2.05, 4.69) is 22.4 Å².